The Morgan fingerprint density at radius 3 is 2.12 bits per heavy atom. The molecule has 0 bridgehead atoms. The summed E-state index contributed by atoms with van der Waals surface area (Å²) in [6.07, 6.45) is 0. The van der Waals surface area contributed by atoms with Crippen LogP contribution in [0.1, 0.15) is 38.1 Å². The van der Waals surface area contributed by atoms with Crippen molar-refractivity contribution in [3.63, 3.8) is 0 Å². The van der Waals surface area contributed by atoms with Crippen LogP contribution in [-0.2, 0) is 0 Å². The lowest BCUT2D eigenvalue weighted by Crippen LogP contribution is -2.30. The van der Waals surface area contributed by atoms with Gasteiger partial charge in [-0.3, -0.25) is 0 Å². The first-order valence-corrected chi connectivity index (χ1v) is 5.40. The van der Waals surface area contributed by atoms with Crippen LogP contribution in [-0.4, -0.2) is 17.1 Å². The van der Waals surface area contributed by atoms with Gasteiger partial charge in [-0.2, -0.15) is 0 Å². The fourth-order valence-corrected chi connectivity index (χ4v) is 1.18. The van der Waals surface area contributed by atoms with Gasteiger partial charge in [0.05, 0.1) is 5.56 Å². The van der Waals surface area contributed by atoms with E-state index in [0.717, 1.165) is 5.69 Å². The first kappa shape index (κ1) is 12.6. The summed E-state index contributed by atoms with van der Waals surface area (Å²) in [4.78, 5) is 10.7. The first-order valence-electron chi connectivity index (χ1n) is 5.40. The van der Waals surface area contributed by atoms with Gasteiger partial charge in [0.15, 0.2) is 0 Å². The smallest absolute Gasteiger partial charge is 0.335 e. The number of nitrogens with one attached hydrogen (secondary N) is 1. The van der Waals surface area contributed by atoms with Crippen LogP contribution in [0.3, 0.4) is 0 Å². The molecule has 0 fully saturated rings. The highest BCUT2D eigenvalue weighted by Crippen LogP contribution is 2.22. The van der Waals surface area contributed by atoms with Crippen LogP contribution < -0.4 is 5.32 Å². The molecule has 1 rings (SSSR count). The van der Waals surface area contributed by atoms with E-state index < -0.39 is 5.97 Å². The summed E-state index contributed by atoms with van der Waals surface area (Å²) >= 11 is 0. The number of rotatable bonds is 3. The number of hydrogen-bond acceptors (Lipinski definition) is 2. The second-order valence-corrected chi connectivity index (χ2v) is 5.11. The Bertz CT molecular complexity index is 363. The predicted molar refractivity (Wildman–Crippen MR) is 65.9 cm³/mol. The normalized spacial score (nSPS) is 13.2. The molecule has 1 aromatic carbocycles. The molecule has 2 N–H and O–H groups in total. The van der Waals surface area contributed by atoms with Crippen molar-refractivity contribution in [2.45, 2.75) is 33.7 Å². The maximum Gasteiger partial charge on any atom is 0.335 e. The highest BCUT2D eigenvalue weighted by Gasteiger charge is 2.19. The molecular weight excluding hydrogens is 202 g/mol. The minimum atomic E-state index is -0.893. The van der Waals surface area contributed by atoms with E-state index in [4.69, 9.17) is 5.11 Å². The number of benzene rings is 1. The Kier molecular flexibility index (Phi) is 3.58. The van der Waals surface area contributed by atoms with Gasteiger partial charge in [-0.25, -0.2) is 4.79 Å². The van der Waals surface area contributed by atoms with Crippen LogP contribution in [0.2, 0.25) is 0 Å². The molecule has 1 atom stereocenters. The van der Waals surface area contributed by atoms with Crippen LogP contribution in [0.15, 0.2) is 24.3 Å². The SMILES string of the molecule is CC(Nc1ccc(C(=O)O)cc1)C(C)(C)C. The molecule has 1 aromatic rings. The van der Waals surface area contributed by atoms with Crippen molar-refractivity contribution in [1.29, 1.82) is 0 Å². The van der Waals surface area contributed by atoms with Gasteiger partial charge in [-0.15, -0.1) is 0 Å². The monoisotopic (exact) mass is 221 g/mol. The zero-order valence-electron chi connectivity index (χ0n) is 10.2. The molecule has 16 heavy (non-hydrogen) atoms. The van der Waals surface area contributed by atoms with Crippen LogP contribution in [0.5, 0.6) is 0 Å². The Morgan fingerprint density at radius 1 is 1.25 bits per heavy atom. The Balaban J connectivity index is 2.73. The van der Waals surface area contributed by atoms with E-state index >= 15 is 0 Å². The van der Waals surface area contributed by atoms with Gasteiger partial charge in [0.25, 0.3) is 0 Å². The van der Waals surface area contributed by atoms with Gasteiger partial charge in [0.1, 0.15) is 0 Å². The van der Waals surface area contributed by atoms with Crippen LogP contribution in [0.25, 0.3) is 0 Å². The molecule has 0 aromatic heterocycles. The van der Waals surface area contributed by atoms with Gasteiger partial charge in [0.2, 0.25) is 0 Å². The molecule has 3 heteroatoms. The van der Waals surface area contributed by atoms with Crippen molar-refractivity contribution in [3.8, 4) is 0 Å². The summed E-state index contributed by atoms with van der Waals surface area (Å²) in [7, 11) is 0. The van der Waals surface area contributed by atoms with Crippen LogP contribution in [0, 0.1) is 5.41 Å². The first-order chi connectivity index (χ1) is 7.30. The lowest BCUT2D eigenvalue weighted by molar-refractivity contribution is 0.0697. The molecule has 0 spiro atoms. The number of carboxylic acid groups (broad SMARTS) is 1. The molecule has 88 valence electrons. The number of carbonyl (C=O) groups is 1. The highest BCUT2D eigenvalue weighted by atomic mass is 16.4. The Labute approximate surface area is 96.5 Å². The van der Waals surface area contributed by atoms with E-state index in [0.29, 0.717) is 11.6 Å². The molecule has 3 nitrogen and oxygen atoms in total. The van der Waals surface area contributed by atoms with Crippen molar-refractivity contribution in [1.82, 2.24) is 0 Å². The molecule has 0 radical (unpaired) electrons. The molecule has 0 saturated heterocycles. The largest absolute Gasteiger partial charge is 0.478 e. The van der Waals surface area contributed by atoms with Crippen LogP contribution in [0.4, 0.5) is 5.69 Å². The van der Waals surface area contributed by atoms with Crippen LogP contribution >= 0.6 is 0 Å². The van der Waals surface area contributed by atoms with Crippen molar-refractivity contribution < 1.29 is 9.90 Å². The van der Waals surface area contributed by atoms with Gasteiger partial charge < -0.3 is 10.4 Å². The number of aromatic carboxylic acids is 1. The van der Waals surface area contributed by atoms with Gasteiger partial charge in [-0.05, 0) is 36.6 Å². The number of carboxylic acids is 1. The average molecular weight is 221 g/mol. The molecule has 0 aliphatic heterocycles. The Hall–Kier alpha value is -1.51. The van der Waals surface area contributed by atoms with E-state index in [1.165, 1.54) is 0 Å². The number of hydrogen-bond donors (Lipinski definition) is 2. The van der Waals surface area contributed by atoms with Gasteiger partial charge in [-0.1, -0.05) is 20.8 Å². The molecule has 0 heterocycles. The average Bonchev–Trinajstić information content (AvgIpc) is 2.17. The molecule has 0 saturated carbocycles. The standard InChI is InChI=1S/C13H19NO2/c1-9(13(2,3)4)14-11-7-5-10(6-8-11)12(15)16/h5-9,14H,1-4H3,(H,15,16). The quantitative estimate of drug-likeness (QED) is 0.823. The van der Waals surface area contributed by atoms with E-state index in [1.807, 2.05) is 0 Å². The third-order valence-electron chi connectivity index (χ3n) is 2.81. The topological polar surface area (TPSA) is 49.3 Å². The summed E-state index contributed by atoms with van der Waals surface area (Å²) in [6.45, 7) is 8.61. The zero-order valence-corrected chi connectivity index (χ0v) is 10.2. The third-order valence-corrected chi connectivity index (χ3v) is 2.81. The Morgan fingerprint density at radius 2 is 1.75 bits per heavy atom. The maximum absolute atomic E-state index is 10.7. The van der Waals surface area contributed by atoms with Crippen molar-refractivity contribution >= 4 is 11.7 Å². The molecule has 0 aliphatic rings. The summed E-state index contributed by atoms with van der Waals surface area (Å²) in [6, 6.07) is 7.14. The summed E-state index contributed by atoms with van der Waals surface area (Å²) in [5.41, 5.74) is 1.44. The van der Waals surface area contributed by atoms with E-state index in [2.05, 4.69) is 33.0 Å². The van der Waals surface area contributed by atoms with E-state index in [-0.39, 0.29) is 5.41 Å². The second-order valence-electron chi connectivity index (χ2n) is 5.11. The maximum atomic E-state index is 10.7. The number of anilines is 1. The van der Waals surface area contributed by atoms with Gasteiger partial charge >= 0.3 is 5.97 Å². The van der Waals surface area contributed by atoms with Crippen molar-refractivity contribution in [3.05, 3.63) is 29.8 Å². The van der Waals surface area contributed by atoms with E-state index in [1.54, 1.807) is 24.3 Å². The summed E-state index contributed by atoms with van der Waals surface area (Å²) in [5.74, 6) is -0.893. The lowest BCUT2D eigenvalue weighted by Gasteiger charge is -2.29. The third kappa shape index (κ3) is 3.26. The van der Waals surface area contributed by atoms with Crippen molar-refractivity contribution in [2.75, 3.05) is 5.32 Å². The minimum Gasteiger partial charge on any atom is -0.478 e. The second kappa shape index (κ2) is 4.56. The van der Waals surface area contributed by atoms with Crippen molar-refractivity contribution in [2.24, 2.45) is 5.41 Å². The predicted octanol–water partition coefficient (Wildman–Crippen LogP) is 3.23. The zero-order chi connectivity index (χ0) is 12.3. The molecule has 0 amide bonds. The summed E-state index contributed by atoms with van der Waals surface area (Å²) in [5, 5.41) is 12.1. The fourth-order valence-electron chi connectivity index (χ4n) is 1.18. The summed E-state index contributed by atoms with van der Waals surface area (Å²) < 4.78 is 0. The van der Waals surface area contributed by atoms with Gasteiger partial charge in [0, 0.05) is 11.7 Å². The molecule has 1 unspecified atom stereocenters. The highest BCUT2D eigenvalue weighted by molar-refractivity contribution is 5.87. The minimum absolute atomic E-state index is 0.172. The molecule has 0 aliphatic carbocycles. The fraction of sp³-hybridized carbons (Fsp3) is 0.462. The van der Waals surface area contributed by atoms with E-state index in [9.17, 15) is 4.79 Å². The molecular formula is C13H19NO2. The lowest BCUT2D eigenvalue weighted by atomic mass is 9.88.